The number of hydrogen-bond acceptors (Lipinski definition) is 4. The van der Waals surface area contributed by atoms with Gasteiger partial charge in [-0.3, -0.25) is 4.79 Å². The highest BCUT2D eigenvalue weighted by Gasteiger charge is 2.52. The molecule has 2 fully saturated rings. The van der Waals surface area contributed by atoms with E-state index < -0.39 is 0 Å². The summed E-state index contributed by atoms with van der Waals surface area (Å²) in [5, 5.41) is 16.2. The van der Waals surface area contributed by atoms with Crippen LogP contribution in [0.3, 0.4) is 0 Å². The van der Waals surface area contributed by atoms with Crippen LogP contribution in [0.1, 0.15) is 5.56 Å². The van der Waals surface area contributed by atoms with E-state index in [0.717, 1.165) is 31.7 Å². The third-order valence-corrected chi connectivity index (χ3v) is 4.55. The van der Waals surface area contributed by atoms with Crippen molar-refractivity contribution in [3.8, 4) is 5.75 Å². The minimum atomic E-state index is -0.286. The van der Waals surface area contributed by atoms with Crippen molar-refractivity contribution in [3.05, 3.63) is 29.8 Å². The molecule has 1 aromatic carbocycles. The monoisotopic (exact) mass is 275 g/mol. The molecule has 5 nitrogen and oxygen atoms in total. The quantitative estimate of drug-likeness (QED) is 0.735. The van der Waals surface area contributed by atoms with Gasteiger partial charge in [0.1, 0.15) is 5.75 Å². The fourth-order valence-corrected chi connectivity index (χ4v) is 3.46. The topological polar surface area (TPSA) is 64.6 Å². The molecule has 2 saturated heterocycles. The summed E-state index contributed by atoms with van der Waals surface area (Å²) >= 11 is 0. The van der Waals surface area contributed by atoms with Gasteiger partial charge >= 0.3 is 0 Å². The Kier molecular flexibility index (Phi) is 3.40. The first-order valence-electron chi connectivity index (χ1n) is 7.07. The number of carbonyl (C=O) groups excluding carboxylic acids is 1. The number of nitrogens with zero attached hydrogens (tertiary/aromatic N) is 1. The zero-order chi connectivity index (χ0) is 14.2. The Balaban J connectivity index is 1.74. The predicted octanol–water partition coefficient (Wildman–Crippen LogP) is 0.160. The largest absolute Gasteiger partial charge is 0.508 e. The average Bonchev–Trinajstić information content (AvgIpc) is 2.97. The minimum absolute atomic E-state index is 0.195. The van der Waals surface area contributed by atoms with Crippen molar-refractivity contribution < 1.29 is 9.90 Å². The second-order valence-electron chi connectivity index (χ2n) is 5.95. The van der Waals surface area contributed by atoms with Gasteiger partial charge in [-0.15, -0.1) is 0 Å². The average molecular weight is 275 g/mol. The van der Waals surface area contributed by atoms with Crippen molar-refractivity contribution in [2.24, 2.45) is 11.3 Å². The van der Waals surface area contributed by atoms with Crippen LogP contribution in [0.25, 0.3) is 0 Å². The molecule has 2 heterocycles. The molecule has 108 valence electrons. The van der Waals surface area contributed by atoms with Crippen molar-refractivity contribution in [2.45, 2.75) is 6.54 Å². The third-order valence-electron chi connectivity index (χ3n) is 4.55. The van der Waals surface area contributed by atoms with Crippen molar-refractivity contribution in [1.82, 2.24) is 15.5 Å². The van der Waals surface area contributed by atoms with Crippen molar-refractivity contribution >= 4 is 5.91 Å². The van der Waals surface area contributed by atoms with Crippen LogP contribution >= 0.6 is 0 Å². The van der Waals surface area contributed by atoms with E-state index in [1.807, 2.05) is 13.1 Å². The first-order chi connectivity index (χ1) is 9.62. The summed E-state index contributed by atoms with van der Waals surface area (Å²) < 4.78 is 0. The molecule has 0 unspecified atom stereocenters. The van der Waals surface area contributed by atoms with Gasteiger partial charge in [0, 0.05) is 45.7 Å². The fourth-order valence-electron chi connectivity index (χ4n) is 3.46. The Morgan fingerprint density at radius 1 is 1.40 bits per heavy atom. The molecule has 0 radical (unpaired) electrons. The van der Waals surface area contributed by atoms with Crippen LogP contribution in [0, 0.1) is 11.3 Å². The summed E-state index contributed by atoms with van der Waals surface area (Å²) in [6.45, 7) is 3.88. The van der Waals surface area contributed by atoms with Gasteiger partial charge in [0.2, 0.25) is 5.91 Å². The number of carbonyl (C=O) groups is 1. The molecule has 2 aliphatic rings. The molecule has 0 spiro atoms. The van der Waals surface area contributed by atoms with Crippen molar-refractivity contribution in [1.29, 1.82) is 0 Å². The normalized spacial score (nSPS) is 28.4. The Morgan fingerprint density at radius 2 is 2.10 bits per heavy atom. The van der Waals surface area contributed by atoms with Crippen LogP contribution in [0.4, 0.5) is 0 Å². The van der Waals surface area contributed by atoms with E-state index in [2.05, 4.69) is 10.6 Å². The number of fused-ring (bicyclic) bond motifs is 1. The van der Waals surface area contributed by atoms with Gasteiger partial charge in [0.25, 0.3) is 0 Å². The number of aromatic hydroxyl groups is 1. The van der Waals surface area contributed by atoms with Crippen LogP contribution in [0.5, 0.6) is 5.75 Å². The molecule has 0 atom stereocenters. The molecule has 5 heteroatoms. The Labute approximate surface area is 119 Å². The first kappa shape index (κ1) is 13.4. The highest BCUT2D eigenvalue weighted by molar-refractivity contribution is 5.84. The molecular formula is C15H21N3O2. The summed E-state index contributed by atoms with van der Waals surface area (Å²) in [6.07, 6.45) is 0. The maximum atomic E-state index is 12.8. The maximum absolute atomic E-state index is 12.8. The van der Waals surface area contributed by atoms with Gasteiger partial charge < -0.3 is 20.6 Å². The smallest absolute Gasteiger partial charge is 0.231 e. The second kappa shape index (κ2) is 5.07. The van der Waals surface area contributed by atoms with Crippen LogP contribution in [0.2, 0.25) is 0 Å². The predicted molar refractivity (Wildman–Crippen MR) is 76.2 cm³/mol. The summed E-state index contributed by atoms with van der Waals surface area (Å²) in [5.41, 5.74) is 0.664. The van der Waals surface area contributed by atoms with Gasteiger partial charge in [-0.2, -0.15) is 0 Å². The number of amides is 1. The summed E-state index contributed by atoms with van der Waals surface area (Å²) in [6, 6.07) is 7.08. The minimum Gasteiger partial charge on any atom is -0.508 e. The van der Waals surface area contributed by atoms with Gasteiger partial charge in [-0.05, 0) is 17.7 Å². The van der Waals surface area contributed by atoms with Crippen LogP contribution < -0.4 is 10.6 Å². The number of phenolic OH excluding ortho intramolecular Hbond substituents is 1. The van der Waals surface area contributed by atoms with Gasteiger partial charge in [-0.25, -0.2) is 0 Å². The number of benzene rings is 1. The standard InChI is InChI=1S/C15H21N3O2/c1-18(8-11-3-2-4-13(19)5-11)14(20)15-9-16-6-12(15)7-17-10-15/h2-5,12,16-17,19H,6-10H2,1H3. The highest BCUT2D eigenvalue weighted by Crippen LogP contribution is 2.36. The van der Waals surface area contributed by atoms with Crippen molar-refractivity contribution in [3.63, 3.8) is 0 Å². The van der Waals surface area contributed by atoms with Gasteiger partial charge in [0.15, 0.2) is 0 Å². The van der Waals surface area contributed by atoms with E-state index in [1.54, 1.807) is 23.1 Å². The SMILES string of the molecule is CN(Cc1cccc(O)c1)C(=O)C12CNCC1CNC2. The zero-order valence-electron chi connectivity index (χ0n) is 11.7. The molecular weight excluding hydrogens is 254 g/mol. The van der Waals surface area contributed by atoms with E-state index in [0.29, 0.717) is 12.5 Å². The van der Waals surface area contributed by atoms with Gasteiger partial charge in [-0.1, -0.05) is 12.1 Å². The summed E-state index contributed by atoms with van der Waals surface area (Å²) in [5.74, 6) is 0.826. The lowest BCUT2D eigenvalue weighted by Gasteiger charge is -2.31. The lowest BCUT2D eigenvalue weighted by Crippen LogP contribution is -2.47. The molecule has 0 bridgehead atoms. The van der Waals surface area contributed by atoms with E-state index in [4.69, 9.17) is 0 Å². The molecule has 1 aromatic rings. The first-order valence-corrected chi connectivity index (χ1v) is 7.07. The van der Waals surface area contributed by atoms with Crippen molar-refractivity contribution in [2.75, 3.05) is 33.2 Å². The lowest BCUT2D eigenvalue weighted by atomic mass is 9.79. The molecule has 3 N–H and O–H groups in total. The Morgan fingerprint density at radius 3 is 2.75 bits per heavy atom. The van der Waals surface area contributed by atoms with Gasteiger partial charge in [0.05, 0.1) is 5.41 Å². The third kappa shape index (κ3) is 2.17. The molecule has 0 aliphatic carbocycles. The van der Waals surface area contributed by atoms with E-state index in [1.165, 1.54) is 0 Å². The molecule has 0 aromatic heterocycles. The number of rotatable bonds is 3. The maximum Gasteiger partial charge on any atom is 0.231 e. The van der Waals surface area contributed by atoms with Crippen LogP contribution in [-0.2, 0) is 11.3 Å². The zero-order valence-corrected chi connectivity index (χ0v) is 11.7. The Bertz CT molecular complexity index is 508. The Hall–Kier alpha value is -1.59. The molecule has 20 heavy (non-hydrogen) atoms. The van der Waals surface area contributed by atoms with Crippen LogP contribution in [0.15, 0.2) is 24.3 Å². The second-order valence-corrected chi connectivity index (χ2v) is 5.95. The van der Waals surface area contributed by atoms with E-state index >= 15 is 0 Å². The summed E-state index contributed by atoms with van der Waals surface area (Å²) in [7, 11) is 1.84. The highest BCUT2D eigenvalue weighted by atomic mass is 16.3. The van der Waals surface area contributed by atoms with Crippen LogP contribution in [-0.4, -0.2) is 49.1 Å². The molecule has 1 amide bonds. The summed E-state index contributed by atoms with van der Waals surface area (Å²) in [4.78, 5) is 14.6. The molecule has 3 rings (SSSR count). The number of phenols is 1. The number of nitrogens with one attached hydrogen (secondary N) is 2. The van der Waals surface area contributed by atoms with E-state index in [9.17, 15) is 9.90 Å². The number of hydrogen-bond donors (Lipinski definition) is 3. The fraction of sp³-hybridized carbons (Fsp3) is 0.533. The van der Waals surface area contributed by atoms with E-state index in [-0.39, 0.29) is 17.1 Å². The molecule has 2 aliphatic heterocycles. The lowest BCUT2D eigenvalue weighted by molar-refractivity contribution is -0.140. The molecule has 0 saturated carbocycles.